The van der Waals surface area contributed by atoms with E-state index in [1.807, 2.05) is 20.8 Å². The zero-order valence-electron chi connectivity index (χ0n) is 15.2. The average Bonchev–Trinajstić information content (AvgIpc) is 2.33. The molecule has 0 saturated heterocycles. The molecule has 1 heterocycles. The van der Waals surface area contributed by atoms with Gasteiger partial charge < -0.3 is 15.0 Å². The van der Waals surface area contributed by atoms with Gasteiger partial charge in [0.25, 0.3) is 0 Å². The van der Waals surface area contributed by atoms with Crippen LogP contribution in [0, 0.1) is 5.41 Å². The lowest BCUT2D eigenvalue weighted by Crippen LogP contribution is -2.49. The summed E-state index contributed by atoms with van der Waals surface area (Å²) in [5, 5.41) is 3.39. The Hall–Kier alpha value is -1.30. The molecule has 6 nitrogen and oxygen atoms in total. The van der Waals surface area contributed by atoms with Crippen molar-refractivity contribution >= 4 is 11.9 Å². The van der Waals surface area contributed by atoms with Gasteiger partial charge in [0, 0.05) is 19.6 Å². The van der Waals surface area contributed by atoms with E-state index in [1.165, 1.54) is 0 Å². The van der Waals surface area contributed by atoms with Gasteiger partial charge in [0.2, 0.25) is 0 Å². The molecule has 0 radical (unpaired) electrons. The molecular weight excluding hydrogens is 280 g/mol. The van der Waals surface area contributed by atoms with Crippen LogP contribution in [-0.4, -0.2) is 74.1 Å². The molecule has 0 fully saturated rings. The SMILES string of the molecule is CN(C)CC(C)(C)CNC1=NCCN(C(=O)OC(C)(C)C)C1. The second-order valence-corrected chi connectivity index (χ2v) is 7.99. The van der Waals surface area contributed by atoms with Crippen molar-refractivity contribution in [3.8, 4) is 0 Å². The highest BCUT2D eigenvalue weighted by atomic mass is 16.6. The maximum absolute atomic E-state index is 12.1. The number of amidine groups is 1. The number of hydrogen-bond acceptors (Lipinski definition) is 5. The van der Waals surface area contributed by atoms with E-state index in [0.717, 1.165) is 18.9 Å². The zero-order valence-corrected chi connectivity index (χ0v) is 15.2. The van der Waals surface area contributed by atoms with Gasteiger partial charge in [0.15, 0.2) is 0 Å². The van der Waals surface area contributed by atoms with Crippen molar-refractivity contribution in [2.24, 2.45) is 10.4 Å². The first-order valence-corrected chi connectivity index (χ1v) is 7.88. The van der Waals surface area contributed by atoms with Crippen molar-refractivity contribution in [2.75, 3.05) is 46.8 Å². The second kappa shape index (κ2) is 7.31. The Morgan fingerprint density at radius 1 is 1.32 bits per heavy atom. The lowest BCUT2D eigenvalue weighted by Gasteiger charge is -2.32. The first-order chi connectivity index (χ1) is 9.98. The minimum atomic E-state index is -0.465. The summed E-state index contributed by atoms with van der Waals surface area (Å²) in [5.74, 6) is 0.865. The molecule has 0 bridgehead atoms. The minimum absolute atomic E-state index is 0.139. The Bertz CT molecular complexity index is 411. The van der Waals surface area contributed by atoms with Gasteiger partial charge in [-0.05, 0) is 40.3 Å². The molecule has 22 heavy (non-hydrogen) atoms. The summed E-state index contributed by atoms with van der Waals surface area (Å²) in [6, 6.07) is 0. The monoisotopic (exact) mass is 312 g/mol. The summed E-state index contributed by atoms with van der Waals surface area (Å²) >= 11 is 0. The molecule has 1 aliphatic heterocycles. The second-order valence-electron chi connectivity index (χ2n) is 7.99. The number of hydrogen-bond donors (Lipinski definition) is 1. The average molecular weight is 312 g/mol. The van der Waals surface area contributed by atoms with Crippen LogP contribution in [0.4, 0.5) is 4.79 Å². The van der Waals surface area contributed by atoms with E-state index in [9.17, 15) is 4.79 Å². The highest BCUT2D eigenvalue weighted by molar-refractivity contribution is 5.87. The summed E-state index contributed by atoms with van der Waals surface area (Å²) < 4.78 is 5.42. The van der Waals surface area contributed by atoms with Crippen LogP contribution in [-0.2, 0) is 4.74 Å². The third-order valence-electron chi connectivity index (χ3n) is 3.18. The van der Waals surface area contributed by atoms with Gasteiger partial charge in [-0.2, -0.15) is 0 Å². The molecule has 0 aromatic carbocycles. The number of ether oxygens (including phenoxy) is 1. The Labute approximate surface area is 134 Å². The maximum Gasteiger partial charge on any atom is 0.410 e. The van der Waals surface area contributed by atoms with Crippen molar-refractivity contribution in [1.29, 1.82) is 0 Å². The number of nitrogens with one attached hydrogen (secondary N) is 1. The van der Waals surface area contributed by atoms with Gasteiger partial charge in [-0.3, -0.25) is 9.89 Å². The number of nitrogens with zero attached hydrogens (tertiary/aromatic N) is 3. The van der Waals surface area contributed by atoms with Crippen LogP contribution in [0.3, 0.4) is 0 Å². The lowest BCUT2D eigenvalue weighted by atomic mass is 9.93. The van der Waals surface area contributed by atoms with E-state index in [4.69, 9.17) is 4.74 Å². The summed E-state index contributed by atoms with van der Waals surface area (Å²) in [7, 11) is 4.15. The number of aliphatic imine (C=N–C) groups is 1. The summed E-state index contributed by atoms with van der Waals surface area (Å²) in [6.07, 6.45) is -0.269. The van der Waals surface area contributed by atoms with E-state index in [-0.39, 0.29) is 11.5 Å². The molecule has 0 unspecified atom stereocenters. The Balaban J connectivity index is 2.50. The summed E-state index contributed by atoms with van der Waals surface area (Å²) in [5.41, 5.74) is -0.326. The Morgan fingerprint density at radius 2 is 1.95 bits per heavy atom. The highest BCUT2D eigenvalue weighted by Gasteiger charge is 2.26. The zero-order chi connectivity index (χ0) is 17.0. The molecule has 0 aliphatic carbocycles. The molecular formula is C16H32N4O2. The Kier molecular flexibility index (Phi) is 6.23. The number of carbonyl (C=O) groups excluding carboxylic acids is 1. The smallest absolute Gasteiger partial charge is 0.410 e. The highest BCUT2D eigenvalue weighted by Crippen LogP contribution is 2.15. The number of amides is 1. The number of carbonyl (C=O) groups is 1. The standard InChI is InChI=1S/C16H32N4O2/c1-15(2,3)22-14(21)20-9-8-17-13(10-20)18-11-16(4,5)12-19(6)7/h8-12H2,1-7H3,(H,17,18). The van der Waals surface area contributed by atoms with Gasteiger partial charge >= 0.3 is 6.09 Å². The minimum Gasteiger partial charge on any atom is -0.444 e. The van der Waals surface area contributed by atoms with Crippen LogP contribution in [0.25, 0.3) is 0 Å². The molecule has 1 aliphatic rings. The van der Waals surface area contributed by atoms with E-state index in [0.29, 0.717) is 19.6 Å². The fourth-order valence-electron chi connectivity index (χ4n) is 2.46. The fraction of sp³-hybridized carbons (Fsp3) is 0.875. The van der Waals surface area contributed by atoms with E-state index < -0.39 is 5.60 Å². The van der Waals surface area contributed by atoms with Crippen LogP contribution in [0.1, 0.15) is 34.6 Å². The van der Waals surface area contributed by atoms with Crippen molar-refractivity contribution in [2.45, 2.75) is 40.2 Å². The van der Waals surface area contributed by atoms with Crippen molar-refractivity contribution in [3.63, 3.8) is 0 Å². The van der Waals surface area contributed by atoms with E-state index in [2.05, 4.69) is 43.2 Å². The van der Waals surface area contributed by atoms with Gasteiger partial charge in [-0.15, -0.1) is 0 Å². The van der Waals surface area contributed by atoms with Crippen molar-refractivity contribution in [1.82, 2.24) is 15.1 Å². The third kappa shape index (κ3) is 7.11. The van der Waals surface area contributed by atoms with Crippen LogP contribution in [0.5, 0.6) is 0 Å². The molecule has 0 saturated carbocycles. The predicted octanol–water partition coefficient (Wildman–Crippen LogP) is 1.81. The normalized spacial score (nSPS) is 16.5. The van der Waals surface area contributed by atoms with Gasteiger partial charge in [-0.1, -0.05) is 13.8 Å². The van der Waals surface area contributed by atoms with Gasteiger partial charge in [0.05, 0.1) is 13.1 Å². The number of rotatable bonds is 4. The third-order valence-corrected chi connectivity index (χ3v) is 3.18. The molecule has 128 valence electrons. The first-order valence-electron chi connectivity index (χ1n) is 7.88. The van der Waals surface area contributed by atoms with Crippen LogP contribution < -0.4 is 5.32 Å². The molecule has 1 amide bonds. The molecule has 1 rings (SSSR count). The van der Waals surface area contributed by atoms with E-state index >= 15 is 0 Å². The summed E-state index contributed by atoms with van der Waals surface area (Å²) in [4.78, 5) is 20.5. The molecule has 6 heteroatoms. The largest absolute Gasteiger partial charge is 0.444 e. The van der Waals surface area contributed by atoms with Crippen LogP contribution >= 0.6 is 0 Å². The topological polar surface area (TPSA) is 57.2 Å². The van der Waals surface area contributed by atoms with Crippen molar-refractivity contribution in [3.05, 3.63) is 0 Å². The van der Waals surface area contributed by atoms with Crippen LogP contribution in [0.2, 0.25) is 0 Å². The van der Waals surface area contributed by atoms with Crippen molar-refractivity contribution < 1.29 is 9.53 Å². The first kappa shape index (κ1) is 18.7. The fourth-order valence-corrected chi connectivity index (χ4v) is 2.46. The molecule has 0 spiro atoms. The quantitative estimate of drug-likeness (QED) is 0.860. The lowest BCUT2D eigenvalue weighted by molar-refractivity contribution is 0.0276. The maximum atomic E-state index is 12.1. The Morgan fingerprint density at radius 3 is 2.50 bits per heavy atom. The van der Waals surface area contributed by atoms with Crippen LogP contribution in [0.15, 0.2) is 4.99 Å². The predicted molar refractivity (Wildman–Crippen MR) is 90.4 cm³/mol. The molecule has 0 aromatic rings. The molecule has 0 aromatic heterocycles. The van der Waals surface area contributed by atoms with E-state index in [1.54, 1.807) is 4.90 Å². The van der Waals surface area contributed by atoms with Gasteiger partial charge in [-0.25, -0.2) is 4.79 Å². The molecule has 0 atom stereocenters. The summed E-state index contributed by atoms with van der Waals surface area (Å²) in [6.45, 7) is 13.6. The van der Waals surface area contributed by atoms with Gasteiger partial charge in [0.1, 0.15) is 11.4 Å². The molecule has 1 N–H and O–H groups in total.